The third-order valence-electron chi connectivity index (χ3n) is 2.44. The number of hydrogen-bond acceptors (Lipinski definition) is 4. The van der Waals surface area contributed by atoms with Crippen molar-refractivity contribution in [3.8, 4) is 11.3 Å². The molecule has 1 aromatic carbocycles. The lowest BCUT2D eigenvalue weighted by Gasteiger charge is -2.04. The fraction of sp³-hybridized carbons (Fsp3) is 0.231. The summed E-state index contributed by atoms with van der Waals surface area (Å²) in [7, 11) is 0. The highest BCUT2D eigenvalue weighted by Gasteiger charge is 2.07. The van der Waals surface area contributed by atoms with Crippen LogP contribution in [0.25, 0.3) is 11.3 Å². The Bertz CT molecular complexity index is 551. The monoisotopic (exact) mass is 262 g/mol. The number of hydrogen-bond donors (Lipinski definition) is 2. The first-order valence-corrected chi connectivity index (χ1v) is 6.50. The van der Waals surface area contributed by atoms with E-state index in [1.807, 2.05) is 24.4 Å². The number of aromatic nitrogens is 1. The summed E-state index contributed by atoms with van der Waals surface area (Å²) < 4.78 is 0. The third-order valence-corrected chi connectivity index (χ3v) is 3.21. The van der Waals surface area contributed by atoms with Gasteiger partial charge in [0.25, 0.3) is 5.91 Å². The molecule has 0 unspecified atom stereocenters. The molecule has 0 aliphatic heterocycles. The standard InChI is InChI=1S/C13H14N2O2S/c1-9-15-12(8-18-9)10-3-2-4-11(7-10)13(17)14-5-6-16/h2-4,7-8,16H,5-6H2,1H3,(H,14,17). The van der Waals surface area contributed by atoms with Gasteiger partial charge in [0, 0.05) is 23.1 Å². The number of thiazole rings is 1. The molecular weight excluding hydrogens is 248 g/mol. The van der Waals surface area contributed by atoms with Crippen LogP contribution in [0.1, 0.15) is 15.4 Å². The summed E-state index contributed by atoms with van der Waals surface area (Å²) in [5, 5.41) is 14.3. The van der Waals surface area contributed by atoms with Crippen molar-refractivity contribution in [1.29, 1.82) is 0 Å². The molecule has 0 saturated carbocycles. The molecule has 94 valence electrons. The molecule has 2 rings (SSSR count). The Hall–Kier alpha value is -1.72. The fourth-order valence-electron chi connectivity index (χ4n) is 1.59. The zero-order valence-corrected chi connectivity index (χ0v) is 10.8. The predicted molar refractivity (Wildman–Crippen MR) is 71.7 cm³/mol. The normalized spacial score (nSPS) is 10.3. The van der Waals surface area contributed by atoms with Crippen LogP contribution in [0.5, 0.6) is 0 Å². The summed E-state index contributed by atoms with van der Waals surface area (Å²) in [5.74, 6) is -0.183. The number of aliphatic hydroxyl groups is 1. The Morgan fingerprint density at radius 1 is 1.50 bits per heavy atom. The van der Waals surface area contributed by atoms with Crippen molar-refractivity contribution in [2.45, 2.75) is 6.92 Å². The summed E-state index contributed by atoms with van der Waals surface area (Å²) in [6.45, 7) is 2.15. The lowest BCUT2D eigenvalue weighted by atomic mass is 10.1. The number of carbonyl (C=O) groups excluding carboxylic acids is 1. The van der Waals surface area contributed by atoms with E-state index in [4.69, 9.17) is 5.11 Å². The van der Waals surface area contributed by atoms with Crippen LogP contribution in [0.15, 0.2) is 29.6 Å². The van der Waals surface area contributed by atoms with E-state index in [1.165, 1.54) is 0 Å². The lowest BCUT2D eigenvalue weighted by molar-refractivity contribution is 0.0945. The van der Waals surface area contributed by atoms with E-state index in [0.29, 0.717) is 5.56 Å². The van der Waals surface area contributed by atoms with Crippen molar-refractivity contribution >= 4 is 17.2 Å². The van der Waals surface area contributed by atoms with Gasteiger partial charge in [0.15, 0.2) is 0 Å². The minimum atomic E-state index is -0.183. The van der Waals surface area contributed by atoms with Gasteiger partial charge in [-0.15, -0.1) is 11.3 Å². The van der Waals surface area contributed by atoms with Gasteiger partial charge in [0.05, 0.1) is 17.3 Å². The summed E-state index contributed by atoms with van der Waals surface area (Å²) in [4.78, 5) is 16.1. The van der Waals surface area contributed by atoms with Crippen molar-refractivity contribution in [2.75, 3.05) is 13.2 Å². The van der Waals surface area contributed by atoms with Crippen molar-refractivity contribution in [2.24, 2.45) is 0 Å². The molecule has 1 amide bonds. The number of nitrogens with zero attached hydrogens (tertiary/aromatic N) is 1. The van der Waals surface area contributed by atoms with Gasteiger partial charge < -0.3 is 10.4 Å². The predicted octanol–water partition coefficient (Wildman–Crippen LogP) is 1.84. The van der Waals surface area contributed by atoms with Crippen LogP contribution >= 0.6 is 11.3 Å². The van der Waals surface area contributed by atoms with Gasteiger partial charge in [-0.05, 0) is 19.1 Å². The lowest BCUT2D eigenvalue weighted by Crippen LogP contribution is -2.26. The Morgan fingerprint density at radius 2 is 2.33 bits per heavy atom. The maximum atomic E-state index is 11.8. The molecule has 18 heavy (non-hydrogen) atoms. The highest BCUT2D eigenvalue weighted by molar-refractivity contribution is 7.09. The molecule has 5 heteroatoms. The van der Waals surface area contributed by atoms with Crippen molar-refractivity contribution < 1.29 is 9.90 Å². The highest BCUT2D eigenvalue weighted by Crippen LogP contribution is 2.22. The zero-order valence-electron chi connectivity index (χ0n) is 10.0. The van der Waals surface area contributed by atoms with E-state index in [1.54, 1.807) is 23.5 Å². The second kappa shape index (κ2) is 5.75. The first-order valence-electron chi connectivity index (χ1n) is 5.62. The molecule has 2 aromatic rings. The van der Waals surface area contributed by atoms with Crippen LogP contribution < -0.4 is 5.32 Å². The van der Waals surface area contributed by atoms with Crippen molar-refractivity contribution in [1.82, 2.24) is 10.3 Å². The number of nitrogens with one attached hydrogen (secondary N) is 1. The number of rotatable bonds is 4. The molecule has 0 atom stereocenters. The SMILES string of the molecule is Cc1nc(-c2cccc(C(=O)NCCO)c2)cs1. The van der Waals surface area contributed by atoms with Crippen molar-refractivity contribution in [3.63, 3.8) is 0 Å². The Balaban J connectivity index is 2.22. The Labute approximate surface area is 109 Å². The third kappa shape index (κ3) is 2.94. The second-order valence-corrected chi connectivity index (χ2v) is 4.87. The van der Waals surface area contributed by atoms with Crippen LogP contribution in [0.4, 0.5) is 0 Å². The molecule has 4 nitrogen and oxygen atoms in total. The quantitative estimate of drug-likeness (QED) is 0.883. The summed E-state index contributed by atoms with van der Waals surface area (Å²) >= 11 is 1.58. The summed E-state index contributed by atoms with van der Waals surface area (Å²) in [6, 6.07) is 7.31. The molecule has 1 aromatic heterocycles. The number of aryl methyl sites for hydroxylation is 1. The zero-order chi connectivity index (χ0) is 13.0. The first kappa shape index (κ1) is 12.7. The van der Waals surface area contributed by atoms with Gasteiger partial charge in [-0.1, -0.05) is 12.1 Å². The minimum Gasteiger partial charge on any atom is -0.395 e. The van der Waals surface area contributed by atoms with Gasteiger partial charge in [-0.25, -0.2) is 4.98 Å². The van der Waals surface area contributed by atoms with Gasteiger partial charge in [0.2, 0.25) is 0 Å². The number of aliphatic hydroxyl groups excluding tert-OH is 1. The number of amides is 1. The van der Waals surface area contributed by atoms with E-state index in [9.17, 15) is 4.79 Å². The highest BCUT2D eigenvalue weighted by atomic mass is 32.1. The molecule has 1 heterocycles. The van der Waals surface area contributed by atoms with Crippen LogP contribution in [-0.4, -0.2) is 29.1 Å². The maximum absolute atomic E-state index is 11.8. The molecular formula is C13H14N2O2S. The Kier molecular flexibility index (Phi) is 4.07. The second-order valence-electron chi connectivity index (χ2n) is 3.81. The molecule has 0 saturated heterocycles. The van der Waals surface area contributed by atoms with E-state index >= 15 is 0 Å². The van der Waals surface area contributed by atoms with Crippen LogP contribution in [0, 0.1) is 6.92 Å². The molecule has 2 N–H and O–H groups in total. The van der Waals surface area contributed by atoms with Crippen molar-refractivity contribution in [3.05, 3.63) is 40.2 Å². The average Bonchev–Trinajstić information content (AvgIpc) is 2.83. The fourth-order valence-corrected chi connectivity index (χ4v) is 2.21. The van der Waals surface area contributed by atoms with Crippen LogP contribution in [0.3, 0.4) is 0 Å². The van der Waals surface area contributed by atoms with Gasteiger partial charge in [-0.3, -0.25) is 4.79 Å². The molecule has 0 aliphatic rings. The van der Waals surface area contributed by atoms with E-state index in [2.05, 4.69) is 10.3 Å². The van der Waals surface area contributed by atoms with Crippen LogP contribution in [0.2, 0.25) is 0 Å². The molecule has 0 radical (unpaired) electrons. The average molecular weight is 262 g/mol. The summed E-state index contributed by atoms with van der Waals surface area (Å²) in [6.07, 6.45) is 0. The van der Waals surface area contributed by atoms with E-state index in [-0.39, 0.29) is 19.1 Å². The van der Waals surface area contributed by atoms with E-state index in [0.717, 1.165) is 16.3 Å². The molecule has 0 fully saturated rings. The number of benzene rings is 1. The molecule has 0 aliphatic carbocycles. The van der Waals surface area contributed by atoms with E-state index < -0.39 is 0 Å². The molecule has 0 spiro atoms. The Morgan fingerprint density at radius 3 is 3.00 bits per heavy atom. The van der Waals surface area contributed by atoms with Gasteiger partial charge in [0.1, 0.15) is 0 Å². The van der Waals surface area contributed by atoms with Crippen LogP contribution in [-0.2, 0) is 0 Å². The minimum absolute atomic E-state index is 0.0588. The smallest absolute Gasteiger partial charge is 0.251 e. The maximum Gasteiger partial charge on any atom is 0.251 e. The first-order chi connectivity index (χ1) is 8.70. The topological polar surface area (TPSA) is 62.2 Å². The largest absolute Gasteiger partial charge is 0.395 e. The number of carbonyl (C=O) groups is 1. The summed E-state index contributed by atoms with van der Waals surface area (Å²) in [5.41, 5.74) is 2.39. The van der Waals surface area contributed by atoms with Gasteiger partial charge >= 0.3 is 0 Å². The van der Waals surface area contributed by atoms with Gasteiger partial charge in [-0.2, -0.15) is 0 Å². The molecule has 0 bridgehead atoms.